The number of hydrogen-bond donors (Lipinski definition) is 1. The molecule has 1 N–H and O–H groups in total. The van der Waals surface area contributed by atoms with Crippen molar-refractivity contribution in [2.24, 2.45) is 5.92 Å². The highest BCUT2D eigenvalue weighted by molar-refractivity contribution is 5.77. The summed E-state index contributed by atoms with van der Waals surface area (Å²) in [6.45, 7) is -1.19. The molecule has 1 unspecified atom stereocenters. The number of urea groups is 1. The molecule has 8 heteroatoms. The molecule has 1 rings (SSSR count). The van der Waals surface area contributed by atoms with Gasteiger partial charge in [-0.15, -0.1) is 0 Å². The smallest absolute Gasteiger partial charge is 0.406 e. The number of carbonyl (C=O) groups excluding carboxylic acids is 1. The van der Waals surface area contributed by atoms with E-state index in [-0.39, 0.29) is 19.5 Å². The molecule has 0 spiro atoms. The Labute approximate surface area is 95.8 Å². The zero-order valence-electron chi connectivity index (χ0n) is 9.20. The van der Waals surface area contributed by atoms with E-state index in [0.717, 1.165) is 11.9 Å². The van der Waals surface area contributed by atoms with E-state index in [1.807, 2.05) is 0 Å². The minimum absolute atomic E-state index is 0.0314. The Kier molecular flexibility index (Phi) is 3.84. The summed E-state index contributed by atoms with van der Waals surface area (Å²) >= 11 is 0. The van der Waals surface area contributed by atoms with E-state index in [9.17, 15) is 22.8 Å². The van der Waals surface area contributed by atoms with Gasteiger partial charge in [-0.25, -0.2) is 4.79 Å². The largest absolute Gasteiger partial charge is 0.481 e. The highest BCUT2D eigenvalue weighted by Gasteiger charge is 2.36. The summed E-state index contributed by atoms with van der Waals surface area (Å²) in [7, 11) is 1.05. The van der Waals surface area contributed by atoms with Crippen molar-refractivity contribution in [1.82, 2.24) is 9.80 Å². The van der Waals surface area contributed by atoms with Gasteiger partial charge in [0.2, 0.25) is 0 Å². The van der Waals surface area contributed by atoms with Crippen LogP contribution >= 0.6 is 0 Å². The summed E-state index contributed by atoms with van der Waals surface area (Å²) in [6, 6.07) is -0.786. The van der Waals surface area contributed by atoms with Crippen molar-refractivity contribution in [1.29, 1.82) is 0 Å². The lowest BCUT2D eigenvalue weighted by Gasteiger charge is -2.25. The molecule has 1 fully saturated rings. The maximum atomic E-state index is 12.1. The van der Waals surface area contributed by atoms with E-state index in [2.05, 4.69) is 0 Å². The maximum absolute atomic E-state index is 12.1. The first-order valence-corrected chi connectivity index (χ1v) is 5.00. The molecular weight excluding hydrogens is 241 g/mol. The molecule has 98 valence electrons. The van der Waals surface area contributed by atoms with Gasteiger partial charge in [0.05, 0.1) is 5.92 Å². The number of carbonyl (C=O) groups is 2. The predicted octanol–water partition coefficient (Wildman–Crippen LogP) is 1.01. The van der Waals surface area contributed by atoms with Gasteiger partial charge >= 0.3 is 18.2 Å². The Morgan fingerprint density at radius 1 is 1.47 bits per heavy atom. The molecule has 0 aromatic rings. The van der Waals surface area contributed by atoms with Gasteiger partial charge in [0.1, 0.15) is 6.54 Å². The number of amides is 2. The fourth-order valence-corrected chi connectivity index (χ4v) is 1.71. The molecule has 0 aromatic carbocycles. The SMILES string of the molecule is CN(CC(F)(F)F)C(=O)N1CCC(C(=O)O)C1. The molecule has 2 amide bonds. The van der Waals surface area contributed by atoms with Crippen LogP contribution in [0.4, 0.5) is 18.0 Å². The average Bonchev–Trinajstić information content (AvgIpc) is 2.62. The topological polar surface area (TPSA) is 60.9 Å². The molecule has 17 heavy (non-hydrogen) atoms. The van der Waals surface area contributed by atoms with Crippen LogP contribution in [0.2, 0.25) is 0 Å². The van der Waals surface area contributed by atoms with Crippen molar-refractivity contribution < 1.29 is 27.9 Å². The van der Waals surface area contributed by atoms with Crippen LogP contribution < -0.4 is 0 Å². The highest BCUT2D eigenvalue weighted by atomic mass is 19.4. The lowest BCUT2D eigenvalue weighted by Crippen LogP contribution is -2.44. The Hall–Kier alpha value is -1.47. The van der Waals surface area contributed by atoms with Crippen molar-refractivity contribution >= 4 is 12.0 Å². The Balaban J connectivity index is 2.52. The molecule has 0 bridgehead atoms. The van der Waals surface area contributed by atoms with Crippen LogP contribution in [0, 0.1) is 5.92 Å². The van der Waals surface area contributed by atoms with Gasteiger partial charge in [0, 0.05) is 20.1 Å². The molecule has 0 aromatic heterocycles. The van der Waals surface area contributed by atoms with Crippen LogP contribution in [0.5, 0.6) is 0 Å². The van der Waals surface area contributed by atoms with Crippen LogP contribution in [0.1, 0.15) is 6.42 Å². The first-order valence-electron chi connectivity index (χ1n) is 5.00. The van der Waals surface area contributed by atoms with E-state index in [1.165, 1.54) is 0 Å². The third-order valence-corrected chi connectivity index (χ3v) is 2.55. The van der Waals surface area contributed by atoms with Gasteiger partial charge in [-0.3, -0.25) is 4.79 Å². The van der Waals surface area contributed by atoms with Gasteiger partial charge in [-0.2, -0.15) is 13.2 Å². The van der Waals surface area contributed by atoms with E-state index in [1.54, 1.807) is 0 Å². The second-order valence-electron chi connectivity index (χ2n) is 4.02. The monoisotopic (exact) mass is 254 g/mol. The summed E-state index contributed by atoms with van der Waals surface area (Å²) in [5, 5.41) is 8.71. The molecular formula is C9H13F3N2O3. The molecule has 1 aliphatic heterocycles. The summed E-state index contributed by atoms with van der Waals surface area (Å²) in [5.41, 5.74) is 0. The van der Waals surface area contributed by atoms with E-state index in [0.29, 0.717) is 4.90 Å². The predicted molar refractivity (Wildman–Crippen MR) is 51.4 cm³/mol. The Bertz CT molecular complexity index is 319. The van der Waals surface area contributed by atoms with Crippen molar-refractivity contribution in [2.75, 3.05) is 26.7 Å². The van der Waals surface area contributed by atoms with E-state index < -0.39 is 30.6 Å². The Morgan fingerprint density at radius 2 is 2.06 bits per heavy atom. The van der Waals surface area contributed by atoms with Gasteiger partial charge in [0.15, 0.2) is 0 Å². The second-order valence-corrected chi connectivity index (χ2v) is 4.02. The van der Waals surface area contributed by atoms with Crippen LogP contribution in [0.3, 0.4) is 0 Å². The summed E-state index contributed by atoms with van der Waals surface area (Å²) in [6.07, 6.45) is -4.17. The van der Waals surface area contributed by atoms with Gasteiger partial charge in [-0.1, -0.05) is 0 Å². The van der Waals surface area contributed by atoms with Crippen LogP contribution in [-0.4, -0.2) is 59.8 Å². The zero-order chi connectivity index (χ0) is 13.2. The molecule has 0 saturated carbocycles. The van der Waals surface area contributed by atoms with Crippen LogP contribution in [0.15, 0.2) is 0 Å². The first kappa shape index (κ1) is 13.6. The number of halogens is 3. The van der Waals surface area contributed by atoms with Crippen molar-refractivity contribution in [2.45, 2.75) is 12.6 Å². The lowest BCUT2D eigenvalue weighted by atomic mass is 10.1. The number of carboxylic acid groups (broad SMARTS) is 1. The standard InChI is InChI=1S/C9H13F3N2O3/c1-13(5-9(10,11)12)8(17)14-3-2-6(4-14)7(15)16/h6H,2-5H2,1H3,(H,15,16). The lowest BCUT2D eigenvalue weighted by molar-refractivity contribution is -0.142. The average molecular weight is 254 g/mol. The summed E-state index contributed by atoms with van der Waals surface area (Å²) in [4.78, 5) is 23.9. The maximum Gasteiger partial charge on any atom is 0.406 e. The van der Waals surface area contributed by atoms with Crippen molar-refractivity contribution in [3.63, 3.8) is 0 Å². The van der Waals surface area contributed by atoms with Crippen LogP contribution in [-0.2, 0) is 4.79 Å². The number of aliphatic carboxylic acids is 1. The summed E-state index contributed by atoms with van der Waals surface area (Å²) in [5.74, 6) is -1.71. The Morgan fingerprint density at radius 3 is 2.47 bits per heavy atom. The second kappa shape index (κ2) is 4.80. The molecule has 0 radical (unpaired) electrons. The zero-order valence-corrected chi connectivity index (χ0v) is 9.20. The normalized spacial score (nSPS) is 20.5. The fraction of sp³-hybridized carbons (Fsp3) is 0.778. The minimum Gasteiger partial charge on any atom is -0.481 e. The molecule has 1 aliphatic rings. The van der Waals surface area contributed by atoms with Gasteiger partial charge in [-0.05, 0) is 6.42 Å². The molecule has 0 aliphatic carbocycles. The number of nitrogens with zero attached hydrogens (tertiary/aromatic N) is 2. The molecule has 1 heterocycles. The third-order valence-electron chi connectivity index (χ3n) is 2.55. The molecule has 1 saturated heterocycles. The van der Waals surface area contributed by atoms with Crippen molar-refractivity contribution in [3.05, 3.63) is 0 Å². The van der Waals surface area contributed by atoms with Gasteiger partial charge in [0.25, 0.3) is 0 Å². The van der Waals surface area contributed by atoms with Crippen molar-refractivity contribution in [3.8, 4) is 0 Å². The fourth-order valence-electron chi connectivity index (χ4n) is 1.71. The number of carboxylic acids is 1. The van der Waals surface area contributed by atoms with E-state index in [4.69, 9.17) is 5.11 Å². The highest BCUT2D eigenvalue weighted by Crippen LogP contribution is 2.20. The number of rotatable bonds is 2. The number of likely N-dealkylation sites (tertiary alicyclic amines) is 1. The molecule has 1 atom stereocenters. The quantitative estimate of drug-likeness (QED) is 0.800. The third kappa shape index (κ3) is 3.79. The minimum atomic E-state index is -4.45. The first-order chi connectivity index (χ1) is 7.70. The van der Waals surface area contributed by atoms with Crippen LogP contribution in [0.25, 0.3) is 0 Å². The molecule has 5 nitrogen and oxygen atoms in total. The number of alkyl halides is 3. The summed E-state index contributed by atoms with van der Waals surface area (Å²) < 4.78 is 36.2. The van der Waals surface area contributed by atoms with E-state index >= 15 is 0 Å². The number of hydrogen-bond acceptors (Lipinski definition) is 2. The van der Waals surface area contributed by atoms with Gasteiger partial charge < -0.3 is 14.9 Å².